The number of carbonyl (C=O) groups excluding carboxylic acids is 1. The van der Waals surface area contributed by atoms with Gasteiger partial charge in [-0.15, -0.1) is 11.8 Å². The van der Waals surface area contributed by atoms with Crippen molar-refractivity contribution in [2.45, 2.75) is 17.9 Å². The largest absolute Gasteiger partial charge is 0.480 e. The van der Waals surface area contributed by atoms with Crippen molar-refractivity contribution in [2.75, 3.05) is 5.75 Å². The van der Waals surface area contributed by atoms with Crippen LogP contribution in [0, 0.1) is 12.7 Å². The summed E-state index contributed by atoms with van der Waals surface area (Å²) in [7, 11) is 0. The number of hydrogen-bond donors (Lipinski definition) is 2. The number of benzene rings is 2. The van der Waals surface area contributed by atoms with Crippen LogP contribution in [-0.4, -0.2) is 33.8 Å². The molecule has 1 amide bonds. The van der Waals surface area contributed by atoms with E-state index in [1.807, 2.05) is 6.92 Å². The lowest BCUT2D eigenvalue weighted by atomic mass is 10.2. The predicted octanol–water partition coefficient (Wildman–Crippen LogP) is 3.66. The average molecular weight is 384 g/mol. The molecule has 2 aromatic carbocycles. The van der Waals surface area contributed by atoms with Crippen LogP contribution in [0.1, 0.15) is 16.1 Å². The number of thioether (sulfide) groups is 1. The number of fused-ring (bicyclic) bond motifs is 1. The number of pyridine rings is 1. The Morgan fingerprint density at radius 2 is 1.93 bits per heavy atom. The first-order valence-electron chi connectivity index (χ1n) is 8.22. The van der Waals surface area contributed by atoms with Gasteiger partial charge in [-0.25, -0.2) is 9.18 Å². The molecule has 3 rings (SSSR count). The molecule has 2 N–H and O–H groups in total. The van der Waals surface area contributed by atoms with Crippen molar-refractivity contribution in [3.63, 3.8) is 0 Å². The van der Waals surface area contributed by atoms with E-state index in [1.54, 1.807) is 42.5 Å². The van der Waals surface area contributed by atoms with E-state index < -0.39 is 17.9 Å². The molecule has 0 radical (unpaired) electrons. The van der Waals surface area contributed by atoms with Crippen LogP contribution in [-0.2, 0) is 4.79 Å². The van der Waals surface area contributed by atoms with Gasteiger partial charge in [-0.1, -0.05) is 18.2 Å². The number of aromatic nitrogens is 1. The minimum atomic E-state index is -1.13. The molecule has 0 aliphatic carbocycles. The molecular weight excluding hydrogens is 367 g/mol. The summed E-state index contributed by atoms with van der Waals surface area (Å²) in [6.45, 7) is 1.82. The first kappa shape index (κ1) is 18.8. The number of hydrogen-bond acceptors (Lipinski definition) is 4. The van der Waals surface area contributed by atoms with E-state index in [4.69, 9.17) is 0 Å². The molecule has 3 aromatic rings. The van der Waals surface area contributed by atoms with Gasteiger partial charge < -0.3 is 10.4 Å². The quantitative estimate of drug-likeness (QED) is 0.634. The highest BCUT2D eigenvalue weighted by atomic mass is 32.2. The minimum Gasteiger partial charge on any atom is -0.480 e. The number of amides is 1. The summed E-state index contributed by atoms with van der Waals surface area (Å²) in [6, 6.07) is 13.4. The second-order valence-corrected chi connectivity index (χ2v) is 7.03. The Morgan fingerprint density at radius 1 is 1.19 bits per heavy atom. The van der Waals surface area contributed by atoms with Crippen molar-refractivity contribution in [1.82, 2.24) is 10.3 Å². The average Bonchev–Trinajstić information content (AvgIpc) is 2.65. The molecular formula is C20H17FN2O3S. The number of halogens is 1. The summed E-state index contributed by atoms with van der Waals surface area (Å²) in [5.41, 5.74) is 1.77. The van der Waals surface area contributed by atoms with Gasteiger partial charge in [-0.3, -0.25) is 9.78 Å². The third-order valence-electron chi connectivity index (χ3n) is 3.91. The van der Waals surface area contributed by atoms with Crippen LogP contribution in [0.4, 0.5) is 4.39 Å². The van der Waals surface area contributed by atoms with Gasteiger partial charge in [0, 0.05) is 27.3 Å². The first-order valence-corrected chi connectivity index (χ1v) is 9.21. The lowest BCUT2D eigenvalue weighted by Gasteiger charge is -2.15. The fourth-order valence-corrected chi connectivity index (χ4v) is 3.74. The molecule has 0 aliphatic heterocycles. The van der Waals surface area contributed by atoms with Crippen molar-refractivity contribution in [3.05, 3.63) is 71.7 Å². The molecule has 0 spiro atoms. The highest BCUT2D eigenvalue weighted by Crippen LogP contribution is 2.29. The molecule has 1 aromatic heterocycles. The van der Waals surface area contributed by atoms with Crippen LogP contribution in [0.25, 0.3) is 10.9 Å². The lowest BCUT2D eigenvalue weighted by Crippen LogP contribution is -2.42. The second-order valence-electron chi connectivity index (χ2n) is 5.96. The SMILES string of the molecule is Cc1cc(SC[C@@H](NC(=O)c2ccccc2)C(=O)O)c2cc(F)ccc2n1. The third-order valence-corrected chi connectivity index (χ3v) is 5.05. The monoisotopic (exact) mass is 384 g/mol. The summed E-state index contributed by atoms with van der Waals surface area (Å²) in [5.74, 6) is -1.87. The van der Waals surface area contributed by atoms with E-state index in [9.17, 15) is 19.1 Å². The summed E-state index contributed by atoms with van der Waals surface area (Å²) < 4.78 is 13.6. The molecule has 0 aliphatic rings. The summed E-state index contributed by atoms with van der Waals surface area (Å²) >= 11 is 1.24. The predicted molar refractivity (Wildman–Crippen MR) is 102 cm³/mol. The van der Waals surface area contributed by atoms with E-state index in [1.165, 1.54) is 23.9 Å². The molecule has 27 heavy (non-hydrogen) atoms. The molecule has 5 nitrogen and oxygen atoms in total. The zero-order valence-corrected chi connectivity index (χ0v) is 15.3. The Labute approximate surface area is 159 Å². The maximum absolute atomic E-state index is 13.6. The van der Waals surface area contributed by atoms with Crippen LogP contribution < -0.4 is 5.32 Å². The smallest absolute Gasteiger partial charge is 0.327 e. The van der Waals surface area contributed by atoms with E-state index in [0.717, 1.165) is 10.6 Å². The summed E-state index contributed by atoms with van der Waals surface area (Å²) in [4.78, 5) is 28.9. The highest BCUT2D eigenvalue weighted by molar-refractivity contribution is 7.99. The number of rotatable bonds is 6. The van der Waals surface area contributed by atoms with Crippen LogP contribution in [0.3, 0.4) is 0 Å². The van der Waals surface area contributed by atoms with Crippen molar-refractivity contribution < 1.29 is 19.1 Å². The van der Waals surface area contributed by atoms with E-state index in [2.05, 4.69) is 10.3 Å². The van der Waals surface area contributed by atoms with Gasteiger partial charge in [-0.05, 0) is 43.3 Å². The highest BCUT2D eigenvalue weighted by Gasteiger charge is 2.21. The van der Waals surface area contributed by atoms with Gasteiger partial charge in [0.2, 0.25) is 0 Å². The maximum atomic E-state index is 13.6. The van der Waals surface area contributed by atoms with Crippen molar-refractivity contribution in [2.24, 2.45) is 0 Å². The second kappa shape index (κ2) is 8.18. The number of aryl methyl sites for hydroxylation is 1. The normalized spacial score (nSPS) is 11.9. The Morgan fingerprint density at radius 3 is 2.63 bits per heavy atom. The van der Waals surface area contributed by atoms with Crippen molar-refractivity contribution in [1.29, 1.82) is 0 Å². The Balaban J connectivity index is 1.79. The maximum Gasteiger partial charge on any atom is 0.327 e. The van der Waals surface area contributed by atoms with Gasteiger partial charge in [0.05, 0.1) is 5.52 Å². The molecule has 0 saturated carbocycles. The van der Waals surface area contributed by atoms with Gasteiger partial charge in [0.25, 0.3) is 5.91 Å². The number of carboxylic acid groups (broad SMARTS) is 1. The van der Waals surface area contributed by atoms with E-state index >= 15 is 0 Å². The topological polar surface area (TPSA) is 79.3 Å². The summed E-state index contributed by atoms with van der Waals surface area (Å²) in [6.07, 6.45) is 0. The van der Waals surface area contributed by atoms with Crippen LogP contribution in [0.5, 0.6) is 0 Å². The standard InChI is InChI=1S/C20H17FN2O3S/c1-12-9-18(15-10-14(21)7-8-16(15)22-12)27-11-17(20(25)26)23-19(24)13-5-3-2-4-6-13/h2-10,17H,11H2,1H3,(H,23,24)(H,25,26)/t17-/m1/s1. The van der Waals surface area contributed by atoms with Gasteiger partial charge in [-0.2, -0.15) is 0 Å². The van der Waals surface area contributed by atoms with E-state index in [0.29, 0.717) is 16.5 Å². The Bertz CT molecular complexity index is 995. The van der Waals surface area contributed by atoms with E-state index in [-0.39, 0.29) is 11.6 Å². The van der Waals surface area contributed by atoms with Gasteiger partial charge in [0.1, 0.15) is 11.9 Å². The number of carboxylic acids is 1. The molecule has 0 bridgehead atoms. The zero-order valence-electron chi connectivity index (χ0n) is 14.5. The van der Waals surface area contributed by atoms with Crippen LogP contribution >= 0.6 is 11.8 Å². The first-order chi connectivity index (χ1) is 12.9. The molecule has 0 unspecified atom stereocenters. The fraction of sp³-hybridized carbons (Fsp3) is 0.150. The van der Waals surface area contributed by atoms with Crippen LogP contribution in [0.15, 0.2) is 59.5 Å². The van der Waals surface area contributed by atoms with Gasteiger partial charge >= 0.3 is 5.97 Å². The zero-order chi connectivity index (χ0) is 19.4. The third kappa shape index (κ3) is 4.62. The van der Waals surface area contributed by atoms with Crippen LogP contribution in [0.2, 0.25) is 0 Å². The minimum absolute atomic E-state index is 0.100. The lowest BCUT2D eigenvalue weighted by molar-refractivity contribution is -0.138. The molecule has 138 valence electrons. The molecule has 0 fully saturated rings. The number of carbonyl (C=O) groups is 2. The van der Waals surface area contributed by atoms with Crippen molar-refractivity contribution in [3.8, 4) is 0 Å². The Kier molecular flexibility index (Phi) is 5.71. The number of nitrogens with zero attached hydrogens (tertiary/aromatic N) is 1. The fourth-order valence-electron chi connectivity index (χ4n) is 2.59. The Hall–Kier alpha value is -2.93. The van der Waals surface area contributed by atoms with Crippen molar-refractivity contribution >= 4 is 34.5 Å². The molecule has 7 heteroatoms. The van der Waals surface area contributed by atoms with Gasteiger partial charge in [0.15, 0.2) is 0 Å². The molecule has 1 atom stereocenters. The number of nitrogens with one attached hydrogen (secondary N) is 1. The number of aliphatic carboxylic acids is 1. The molecule has 0 saturated heterocycles. The molecule has 1 heterocycles. The summed E-state index contributed by atoms with van der Waals surface area (Å²) in [5, 5.41) is 12.6.